The Kier molecular flexibility index (Phi) is 2.52. The Hall–Kier alpha value is -0.940. The number of hydrogen-bond acceptors (Lipinski definition) is 4. The molecular formula is C10H13NO3. The van der Waals surface area contributed by atoms with Crippen molar-refractivity contribution in [2.24, 2.45) is 0 Å². The van der Waals surface area contributed by atoms with Crippen LogP contribution in [0.2, 0.25) is 0 Å². The van der Waals surface area contributed by atoms with Gasteiger partial charge in [0.15, 0.2) is 0 Å². The molecule has 2 rings (SSSR count). The van der Waals surface area contributed by atoms with Crippen molar-refractivity contribution < 1.29 is 15.3 Å². The second-order valence-corrected chi connectivity index (χ2v) is 3.34. The molecular weight excluding hydrogens is 182 g/mol. The molecule has 0 saturated heterocycles. The first-order valence-electron chi connectivity index (χ1n) is 4.57. The van der Waals surface area contributed by atoms with Gasteiger partial charge < -0.3 is 15.3 Å². The molecule has 0 saturated carbocycles. The van der Waals surface area contributed by atoms with Crippen LogP contribution in [0.15, 0.2) is 24.3 Å². The van der Waals surface area contributed by atoms with Crippen LogP contribution in [0.25, 0.3) is 0 Å². The van der Waals surface area contributed by atoms with E-state index < -0.39 is 12.5 Å². The monoisotopic (exact) mass is 195 g/mol. The maximum Gasteiger partial charge on any atom is 0.136 e. The summed E-state index contributed by atoms with van der Waals surface area (Å²) in [7, 11) is 0. The molecule has 0 aromatic heterocycles. The third kappa shape index (κ3) is 1.33. The lowest BCUT2D eigenvalue weighted by molar-refractivity contribution is -0.0898. The van der Waals surface area contributed by atoms with Crippen LogP contribution in [0.4, 0.5) is 0 Å². The highest BCUT2D eigenvalue weighted by Gasteiger charge is 2.35. The van der Waals surface area contributed by atoms with Gasteiger partial charge in [-0.15, -0.1) is 0 Å². The molecule has 0 amide bonds. The van der Waals surface area contributed by atoms with Crippen molar-refractivity contribution in [2.45, 2.75) is 12.5 Å². The number of fused-ring (bicyclic) bond motifs is 1. The lowest BCUT2D eigenvalue weighted by Crippen LogP contribution is -2.29. The van der Waals surface area contributed by atoms with Crippen molar-refractivity contribution in [2.75, 3.05) is 13.2 Å². The minimum Gasteiger partial charge on any atom is -0.395 e. The molecule has 0 radical (unpaired) electrons. The Bertz CT molecular complexity index is 300. The van der Waals surface area contributed by atoms with Gasteiger partial charge in [-0.1, -0.05) is 24.3 Å². The van der Waals surface area contributed by atoms with Crippen LogP contribution in [-0.4, -0.2) is 33.4 Å². The topological polar surface area (TPSA) is 63.9 Å². The van der Waals surface area contributed by atoms with Gasteiger partial charge in [0.05, 0.1) is 6.61 Å². The molecule has 2 unspecified atom stereocenters. The molecule has 1 heterocycles. The fraction of sp³-hybridized carbons (Fsp3) is 0.400. The van der Waals surface area contributed by atoms with Gasteiger partial charge in [0.2, 0.25) is 0 Å². The van der Waals surface area contributed by atoms with Gasteiger partial charge in [-0.25, -0.2) is 4.90 Å². The van der Waals surface area contributed by atoms with Gasteiger partial charge >= 0.3 is 0 Å². The molecule has 0 aliphatic carbocycles. The van der Waals surface area contributed by atoms with Crippen molar-refractivity contribution >= 4 is 0 Å². The minimum absolute atomic E-state index is 0.0812. The number of nitrogens with zero attached hydrogens (tertiary/aromatic N) is 1. The zero-order valence-corrected chi connectivity index (χ0v) is 7.67. The van der Waals surface area contributed by atoms with E-state index in [1.165, 1.54) is 4.90 Å². The van der Waals surface area contributed by atoms with E-state index >= 15 is 0 Å². The zero-order chi connectivity index (χ0) is 10.1. The molecule has 1 aromatic carbocycles. The van der Waals surface area contributed by atoms with E-state index in [-0.39, 0.29) is 13.2 Å². The number of hydrogen-bond donors (Lipinski definition) is 3. The first-order chi connectivity index (χ1) is 6.75. The smallest absolute Gasteiger partial charge is 0.136 e. The molecule has 0 spiro atoms. The van der Waals surface area contributed by atoms with E-state index in [4.69, 9.17) is 5.11 Å². The number of β-amino-alcohol motifs (C(OH)–C–C–N with tert-alkyl or cyclic N) is 1. The fourth-order valence-electron chi connectivity index (χ4n) is 1.83. The third-order valence-corrected chi connectivity index (χ3v) is 2.54. The predicted octanol–water partition coefficient (Wildman–Crippen LogP) is -0.0237. The predicted molar refractivity (Wildman–Crippen MR) is 50.2 cm³/mol. The first kappa shape index (κ1) is 9.61. The molecule has 1 aliphatic heterocycles. The molecule has 4 heteroatoms. The van der Waals surface area contributed by atoms with Gasteiger partial charge in [-0.3, -0.25) is 0 Å². The summed E-state index contributed by atoms with van der Waals surface area (Å²) in [6, 6.07) is 7.19. The second-order valence-electron chi connectivity index (χ2n) is 3.34. The standard InChI is InChI=1S/C10H13NO3/c12-6-5-11-9(13)7-3-1-2-4-8(7)10(11)14/h1-4,9-10,12-14H,5-6H2. The summed E-state index contributed by atoms with van der Waals surface area (Å²) in [6.07, 6.45) is -1.62. The van der Waals surface area contributed by atoms with Crippen molar-refractivity contribution in [1.29, 1.82) is 0 Å². The number of aliphatic hydroxyl groups excluding tert-OH is 3. The summed E-state index contributed by atoms with van der Waals surface area (Å²) >= 11 is 0. The van der Waals surface area contributed by atoms with E-state index in [9.17, 15) is 10.2 Å². The average molecular weight is 195 g/mol. The second kappa shape index (κ2) is 3.67. The summed E-state index contributed by atoms with van der Waals surface area (Å²) in [5, 5.41) is 28.4. The molecule has 76 valence electrons. The summed E-state index contributed by atoms with van der Waals surface area (Å²) in [5.41, 5.74) is 1.43. The van der Waals surface area contributed by atoms with Crippen molar-refractivity contribution in [3.8, 4) is 0 Å². The average Bonchev–Trinajstić information content (AvgIpc) is 2.45. The quantitative estimate of drug-likeness (QED) is 0.620. The SMILES string of the molecule is OCCN1C(O)c2ccccc2C1O. The number of rotatable bonds is 2. The van der Waals surface area contributed by atoms with Crippen molar-refractivity contribution in [3.05, 3.63) is 35.4 Å². The highest BCUT2D eigenvalue weighted by molar-refractivity contribution is 5.34. The van der Waals surface area contributed by atoms with Gasteiger partial charge in [0.1, 0.15) is 12.5 Å². The lowest BCUT2D eigenvalue weighted by atomic mass is 10.1. The molecule has 1 aromatic rings. The normalized spacial score (nSPS) is 26.5. The zero-order valence-electron chi connectivity index (χ0n) is 7.67. The van der Waals surface area contributed by atoms with Crippen LogP contribution in [0.1, 0.15) is 23.6 Å². The summed E-state index contributed by atoms with van der Waals surface area (Å²) < 4.78 is 0. The van der Waals surface area contributed by atoms with E-state index in [0.29, 0.717) is 11.1 Å². The summed E-state index contributed by atoms with van der Waals surface area (Å²) in [5.74, 6) is 0. The van der Waals surface area contributed by atoms with Gasteiger partial charge in [-0.2, -0.15) is 0 Å². The molecule has 2 atom stereocenters. The Balaban J connectivity index is 2.33. The molecule has 0 bridgehead atoms. The maximum absolute atomic E-state index is 9.80. The van der Waals surface area contributed by atoms with Crippen LogP contribution >= 0.6 is 0 Å². The molecule has 0 fully saturated rings. The summed E-state index contributed by atoms with van der Waals surface area (Å²) in [4.78, 5) is 1.45. The first-order valence-corrected chi connectivity index (χ1v) is 4.57. The van der Waals surface area contributed by atoms with E-state index in [1.807, 2.05) is 12.1 Å². The van der Waals surface area contributed by atoms with Gasteiger partial charge in [0.25, 0.3) is 0 Å². The number of benzene rings is 1. The Morgan fingerprint density at radius 1 is 1.07 bits per heavy atom. The fourth-order valence-corrected chi connectivity index (χ4v) is 1.83. The van der Waals surface area contributed by atoms with Crippen LogP contribution in [0, 0.1) is 0 Å². The summed E-state index contributed by atoms with van der Waals surface area (Å²) in [6.45, 7) is 0.180. The Morgan fingerprint density at radius 3 is 2.00 bits per heavy atom. The molecule has 14 heavy (non-hydrogen) atoms. The highest BCUT2D eigenvalue weighted by atomic mass is 16.3. The van der Waals surface area contributed by atoms with Crippen molar-refractivity contribution in [3.63, 3.8) is 0 Å². The van der Waals surface area contributed by atoms with Crippen molar-refractivity contribution in [1.82, 2.24) is 4.90 Å². The van der Waals surface area contributed by atoms with Gasteiger partial charge in [-0.05, 0) is 0 Å². The van der Waals surface area contributed by atoms with E-state index in [0.717, 1.165) is 0 Å². The Labute approximate surface area is 82.0 Å². The molecule has 3 N–H and O–H groups in total. The van der Waals surface area contributed by atoms with E-state index in [1.54, 1.807) is 12.1 Å². The molecule has 1 aliphatic rings. The van der Waals surface area contributed by atoms with Crippen LogP contribution in [0.5, 0.6) is 0 Å². The minimum atomic E-state index is -0.812. The van der Waals surface area contributed by atoms with Crippen LogP contribution in [0.3, 0.4) is 0 Å². The maximum atomic E-state index is 9.80. The largest absolute Gasteiger partial charge is 0.395 e. The number of aliphatic hydroxyl groups is 3. The highest BCUT2D eigenvalue weighted by Crippen LogP contribution is 2.38. The van der Waals surface area contributed by atoms with Gasteiger partial charge in [0, 0.05) is 17.7 Å². The van der Waals surface area contributed by atoms with E-state index in [2.05, 4.69) is 0 Å². The molecule has 4 nitrogen and oxygen atoms in total. The lowest BCUT2D eigenvalue weighted by Gasteiger charge is -2.22. The van der Waals surface area contributed by atoms with Crippen LogP contribution < -0.4 is 0 Å². The van der Waals surface area contributed by atoms with Crippen LogP contribution in [-0.2, 0) is 0 Å². The third-order valence-electron chi connectivity index (χ3n) is 2.54. The Morgan fingerprint density at radius 2 is 1.57 bits per heavy atom.